The van der Waals surface area contributed by atoms with Crippen LogP contribution in [0.3, 0.4) is 0 Å². The van der Waals surface area contributed by atoms with Gasteiger partial charge in [0.1, 0.15) is 0 Å². The topological polar surface area (TPSA) is 68.5 Å². The summed E-state index contributed by atoms with van der Waals surface area (Å²) in [6.45, 7) is 1.21. The first-order chi connectivity index (χ1) is 7.81. The molecule has 0 saturated carbocycles. The highest BCUT2D eigenvalue weighted by molar-refractivity contribution is 5.71. The molecule has 2 N–H and O–H groups in total. The van der Waals surface area contributed by atoms with Crippen LogP contribution >= 0.6 is 0 Å². The fourth-order valence-corrected chi connectivity index (χ4v) is 1.89. The number of rotatable bonds is 2. The lowest BCUT2D eigenvalue weighted by atomic mass is 10.2. The number of nitrogens with two attached hydrogens (primary N) is 1. The van der Waals surface area contributed by atoms with E-state index in [0.717, 1.165) is 19.4 Å². The maximum absolute atomic E-state index is 11.8. The number of pyridine rings is 1. The lowest BCUT2D eigenvalue weighted by Crippen LogP contribution is -2.41. The molecule has 5 nitrogen and oxygen atoms in total. The van der Waals surface area contributed by atoms with Crippen LogP contribution in [-0.2, 0) is 0 Å². The average Bonchev–Trinajstić information content (AvgIpc) is 2.78. The van der Waals surface area contributed by atoms with E-state index in [2.05, 4.69) is 4.98 Å². The molecule has 1 unspecified atom stereocenters. The molecular weight excluding hydrogens is 206 g/mol. The second-order valence-corrected chi connectivity index (χ2v) is 3.78. The predicted molar refractivity (Wildman–Crippen MR) is 59.0 cm³/mol. The number of carbonyl (C=O) groups is 1. The Kier molecular flexibility index (Phi) is 3.36. The monoisotopic (exact) mass is 221 g/mol. The summed E-state index contributed by atoms with van der Waals surface area (Å²) in [5.41, 5.74) is 5.59. The standard InChI is InChI=1S/C11H15N3O2/c12-7-9-3-2-6-14(9)11(15)16-10-4-1-5-13-8-10/h1,4-5,8-9H,2-3,6-7,12H2. The molecule has 1 aromatic heterocycles. The zero-order valence-electron chi connectivity index (χ0n) is 9.00. The molecule has 86 valence electrons. The van der Waals surface area contributed by atoms with E-state index in [1.165, 1.54) is 6.20 Å². The Morgan fingerprint density at radius 1 is 1.69 bits per heavy atom. The molecule has 1 aromatic rings. The lowest BCUT2D eigenvalue weighted by molar-refractivity contribution is 0.148. The van der Waals surface area contributed by atoms with Gasteiger partial charge in [0.05, 0.1) is 6.20 Å². The van der Waals surface area contributed by atoms with E-state index in [0.29, 0.717) is 12.3 Å². The van der Waals surface area contributed by atoms with Crippen molar-refractivity contribution in [1.82, 2.24) is 9.88 Å². The van der Waals surface area contributed by atoms with Gasteiger partial charge in [-0.3, -0.25) is 4.98 Å². The summed E-state index contributed by atoms with van der Waals surface area (Å²) in [5.74, 6) is 0.468. The highest BCUT2D eigenvalue weighted by atomic mass is 16.6. The maximum Gasteiger partial charge on any atom is 0.415 e. The van der Waals surface area contributed by atoms with Crippen molar-refractivity contribution >= 4 is 6.09 Å². The molecule has 5 heteroatoms. The van der Waals surface area contributed by atoms with Crippen molar-refractivity contribution in [1.29, 1.82) is 0 Å². The third-order valence-electron chi connectivity index (χ3n) is 2.72. The first-order valence-corrected chi connectivity index (χ1v) is 5.40. The molecule has 1 saturated heterocycles. The summed E-state index contributed by atoms with van der Waals surface area (Å²) >= 11 is 0. The van der Waals surface area contributed by atoms with Gasteiger partial charge in [0.25, 0.3) is 0 Å². The number of nitrogens with zero attached hydrogens (tertiary/aromatic N) is 2. The molecular formula is C11H15N3O2. The van der Waals surface area contributed by atoms with Crippen molar-refractivity contribution in [2.45, 2.75) is 18.9 Å². The SMILES string of the molecule is NCC1CCCN1C(=O)Oc1cccnc1. The average molecular weight is 221 g/mol. The molecule has 1 fully saturated rings. The summed E-state index contributed by atoms with van der Waals surface area (Å²) in [6.07, 6.45) is 4.77. The number of aromatic nitrogens is 1. The Morgan fingerprint density at radius 2 is 2.56 bits per heavy atom. The number of amides is 1. The number of carbonyl (C=O) groups excluding carboxylic acids is 1. The molecule has 1 amide bonds. The molecule has 1 aliphatic rings. The molecule has 2 heterocycles. The Bertz CT molecular complexity index is 356. The zero-order valence-corrected chi connectivity index (χ0v) is 9.00. The van der Waals surface area contributed by atoms with E-state index in [1.807, 2.05) is 0 Å². The molecule has 1 aliphatic heterocycles. The minimum absolute atomic E-state index is 0.115. The van der Waals surface area contributed by atoms with Crippen LogP contribution < -0.4 is 10.5 Å². The fraction of sp³-hybridized carbons (Fsp3) is 0.455. The molecule has 0 radical (unpaired) electrons. The quantitative estimate of drug-likeness (QED) is 0.809. The third-order valence-corrected chi connectivity index (χ3v) is 2.72. The van der Waals surface area contributed by atoms with Gasteiger partial charge in [-0.15, -0.1) is 0 Å². The second kappa shape index (κ2) is 4.94. The molecule has 0 aromatic carbocycles. The van der Waals surface area contributed by atoms with Gasteiger partial charge in [-0.25, -0.2) is 4.79 Å². The molecule has 0 bridgehead atoms. The molecule has 2 rings (SSSR count). The van der Waals surface area contributed by atoms with Crippen LogP contribution in [0.15, 0.2) is 24.5 Å². The summed E-state index contributed by atoms with van der Waals surface area (Å²) < 4.78 is 5.20. The van der Waals surface area contributed by atoms with Gasteiger partial charge in [0, 0.05) is 25.3 Å². The summed E-state index contributed by atoms with van der Waals surface area (Å²) in [4.78, 5) is 17.4. The van der Waals surface area contributed by atoms with Crippen LogP contribution in [0.5, 0.6) is 5.75 Å². The molecule has 0 spiro atoms. The van der Waals surface area contributed by atoms with E-state index >= 15 is 0 Å². The molecule has 0 aliphatic carbocycles. The smallest absolute Gasteiger partial charge is 0.409 e. The minimum Gasteiger partial charge on any atom is -0.409 e. The Labute approximate surface area is 94.2 Å². The zero-order chi connectivity index (χ0) is 11.4. The maximum atomic E-state index is 11.8. The Hall–Kier alpha value is -1.62. The van der Waals surface area contributed by atoms with Crippen LogP contribution in [0.25, 0.3) is 0 Å². The fourth-order valence-electron chi connectivity index (χ4n) is 1.89. The van der Waals surface area contributed by atoms with Crippen LogP contribution in [0.2, 0.25) is 0 Å². The second-order valence-electron chi connectivity index (χ2n) is 3.78. The minimum atomic E-state index is -0.332. The Balaban J connectivity index is 1.98. The Morgan fingerprint density at radius 3 is 3.25 bits per heavy atom. The summed E-state index contributed by atoms with van der Waals surface area (Å²) in [7, 11) is 0. The van der Waals surface area contributed by atoms with Gasteiger partial charge in [-0.1, -0.05) is 0 Å². The first-order valence-electron chi connectivity index (χ1n) is 5.40. The van der Waals surface area contributed by atoms with E-state index < -0.39 is 0 Å². The summed E-state index contributed by atoms with van der Waals surface area (Å²) in [5, 5.41) is 0. The number of hydrogen-bond acceptors (Lipinski definition) is 4. The third kappa shape index (κ3) is 2.30. The van der Waals surface area contributed by atoms with Gasteiger partial charge < -0.3 is 15.4 Å². The normalized spacial score (nSPS) is 19.8. The number of ether oxygens (including phenoxy) is 1. The van der Waals surface area contributed by atoms with E-state index in [9.17, 15) is 4.79 Å². The highest BCUT2D eigenvalue weighted by Gasteiger charge is 2.28. The van der Waals surface area contributed by atoms with Crippen LogP contribution in [0.4, 0.5) is 4.79 Å². The lowest BCUT2D eigenvalue weighted by Gasteiger charge is -2.22. The largest absolute Gasteiger partial charge is 0.415 e. The van der Waals surface area contributed by atoms with Crippen LogP contribution in [0.1, 0.15) is 12.8 Å². The van der Waals surface area contributed by atoms with Crippen molar-refractivity contribution in [3.63, 3.8) is 0 Å². The number of likely N-dealkylation sites (tertiary alicyclic amines) is 1. The summed E-state index contributed by atoms with van der Waals surface area (Å²) in [6, 6.07) is 3.55. The van der Waals surface area contributed by atoms with E-state index in [1.54, 1.807) is 23.2 Å². The number of hydrogen-bond donors (Lipinski definition) is 1. The molecule has 1 atom stereocenters. The van der Waals surface area contributed by atoms with Crippen LogP contribution in [-0.4, -0.2) is 35.1 Å². The predicted octanol–water partition coefficient (Wildman–Crippen LogP) is 1.00. The van der Waals surface area contributed by atoms with Gasteiger partial charge in [0.2, 0.25) is 0 Å². The van der Waals surface area contributed by atoms with Crippen molar-refractivity contribution in [2.24, 2.45) is 5.73 Å². The van der Waals surface area contributed by atoms with Crippen molar-refractivity contribution in [3.05, 3.63) is 24.5 Å². The van der Waals surface area contributed by atoms with E-state index in [-0.39, 0.29) is 12.1 Å². The van der Waals surface area contributed by atoms with E-state index in [4.69, 9.17) is 10.5 Å². The van der Waals surface area contributed by atoms with Gasteiger partial charge in [0.15, 0.2) is 5.75 Å². The van der Waals surface area contributed by atoms with Crippen molar-refractivity contribution in [3.8, 4) is 5.75 Å². The van der Waals surface area contributed by atoms with Gasteiger partial charge >= 0.3 is 6.09 Å². The van der Waals surface area contributed by atoms with Crippen molar-refractivity contribution < 1.29 is 9.53 Å². The van der Waals surface area contributed by atoms with Gasteiger partial charge in [-0.2, -0.15) is 0 Å². The molecule has 16 heavy (non-hydrogen) atoms. The van der Waals surface area contributed by atoms with Crippen molar-refractivity contribution in [2.75, 3.05) is 13.1 Å². The van der Waals surface area contributed by atoms with Crippen LogP contribution in [0, 0.1) is 0 Å². The highest BCUT2D eigenvalue weighted by Crippen LogP contribution is 2.18. The van der Waals surface area contributed by atoms with Gasteiger partial charge in [-0.05, 0) is 25.0 Å². The first kappa shape index (κ1) is 10.9.